The fourth-order valence-electron chi connectivity index (χ4n) is 5.49. The minimum atomic E-state index is -4.44. The highest BCUT2D eigenvalue weighted by molar-refractivity contribution is 7.86. The Labute approximate surface area is 301 Å². The molecule has 0 aliphatic rings. The number of rotatable bonds is 11. The van der Waals surface area contributed by atoms with Crippen LogP contribution >= 0.6 is 0 Å². The number of fused-ring (bicyclic) bond motifs is 1. The molecule has 6 aromatic carbocycles. The molecule has 0 saturated heterocycles. The Morgan fingerprint density at radius 1 is 0.596 bits per heavy atom. The predicted octanol–water partition coefficient (Wildman–Crippen LogP) is 11.0. The van der Waals surface area contributed by atoms with Gasteiger partial charge in [-0.1, -0.05) is 18.2 Å². The molecule has 52 heavy (non-hydrogen) atoms. The molecule has 0 heterocycles. The van der Waals surface area contributed by atoms with Gasteiger partial charge in [-0.05, 0) is 140 Å². The first-order chi connectivity index (χ1) is 24.9. The summed E-state index contributed by atoms with van der Waals surface area (Å²) < 4.78 is 38.1. The number of hydrogen-bond donors (Lipinski definition) is 5. The lowest BCUT2D eigenvalue weighted by molar-refractivity contribution is 0.415. The third kappa shape index (κ3) is 8.01. The van der Waals surface area contributed by atoms with Crippen molar-refractivity contribution < 1.29 is 22.8 Å². The van der Waals surface area contributed by atoms with Gasteiger partial charge in [0.25, 0.3) is 10.1 Å². The van der Waals surface area contributed by atoms with Crippen LogP contribution in [0.2, 0.25) is 0 Å². The molecule has 0 aromatic heterocycles. The lowest BCUT2D eigenvalue weighted by atomic mass is 10.1. The average molecular weight is 716 g/mol. The second-order valence-corrected chi connectivity index (χ2v) is 13.6. The van der Waals surface area contributed by atoms with Crippen LogP contribution in [0.25, 0.3) is 10.8 Å². The predicted molar refractivity (Wildman–Crippen MR) is 206 cm³/mol. The number of hydrogen-bond acceptors (Lipinski definition) is 11. The first-order valence-corrected chi connectivity index (χ1v) is 17.6. The molecule has 6 aromatic rings. The number of azo groups is 2. The molecule has 0 spiro atoms. The summed E-state index contributed by atoms with van der Waals surface area (Å²) in [6.45, 7) is 7.61. The number of phenols is 1. The van der Waals surface area contributed by atoms with Crippen LogP contribution in [0.3, 0.4) is 0 Å². The second-order valence-electron chi connectivity index (χ2n) is 12.2. The summed E-state index contributed by atoms with van der Waals surface area (Å²) in [5.41, 5.74) is 14.8. The minimum absolute atomic E-state index is 0.0345. The van der Waals surface area contributed by atoms with Crippen molar-refractivity contribution in [3.05, 3.63) is 125 Å². The number of nitrogens with one attached hydrogen (secondary N) is 3. The van der Waals surface area contributed by atoms with E-state index >= 15 is 0 Å². The van der Waals surface area contributed by atoms with E-state index in [0.29, 0.717) is 28.1 Å². The van der Waals surface area contributed by atoms with Crippen LogP contribution in [0.5, 0.6) is 11.5 Å². The highest BCUT2D eigenvalue weighted by atomic mass is 32.2. The van der Waals surface area contributed by atoms with E-state index in [4.69, 9.17) is 4.74 Å². The highest BCUT2D eigenvalue weighted by Gasteiger charge is 2.15. The van der Waals surface area contributed by atoms with Crippen LogP contribution in [0, 0.1) is 27.7 Å². The van der Waals surface area contributed by atoms with E-state index in [1.54, 1.807) is 19.2 Å². The maximum Gasteiger partial charge on any atom is 0.296 e. The molecule has 0 atom stereocenters. The lowest BCUT2D eigenvalue weighted by Gasteiger charge is -2.16. The Kier molecular flexibility index (Phi) is 10.2. The van der Waals surface area contributed by atoms with Crippen molar-refractivity contribution in [3.63, 3.8) is 0 Å². The molecule has 0 unspecified atom stereocenters. The zero-order valence-corrected chi connectivity index (χ0v) is 29.9. The maximum atomic E-state index is 11.7. The summed E-state index contributed by atoms with van der Waals surface area (Å²) in [7, 11) is -2.81. The van der Waals surface area contributed by atoms with Crippen molar-refractivity contribution in [2.75, 3.05) is 23.3 Å². The van der Waals surface area contributed by atoms with Crippen molar-refractivity contribution >= 4 is 66.4 Å². The van der Waals surface area contributed by atoms with E-state index < -0.39 is 10.1 Å². The van der Waals surface area contributed by atoms with Crippen LogP contribution in [-0.2, 0) is 10.1 Å². The van der Waals surface area contributed by atoms with Crippen LogP contribution in [0.1, 0.15) is 22.3 Å². The van der Waals surface area contributed by atoms with Crippen molar-refractivity contribution in [3.8, 4) is 11.5 Å². The van der Waals surface area contributed by atoms with Gasteiger partial charge in [-0.15, -0.1) is 5.11 Å². The summed E-state index contributed by atoms with van der Waals surface area (Å²) in [5.74, 6) is 0.912. The van der Waals surface area contributed by atoms with Gasteiger partial charge in [0.15, 0.2) is 0 Å². The number of benzene rings is 6. The minimum Gasteiger partial charge on any atom is -0.505 e. The summed E-state index contributed by atoms with van der Waals surface area (Å²) in [6, 6.07) is 30.6. The van der Waals surface area contributed by atoms with E-state index in [9.17, 15) is 18.1 Å². The number of ether oxygens (including phenoxy) is 1. The monoisotopic (exact) mass is 715 g/mol. The molecule has 0 saturated carbocycles. The molecule has 0 aliphatic carbocycles. The second kappa shape index (κ2) is 14.9. The third-order valence-electron chi connectivity index (χ3n) is 8.43. The van der Waals surface area contributed by atoms with Crippen molar-refractivity contribution in [2.24, 2.45) is 20.5 Å². The van der Waals surface area contributed by atoms with E-state index in [-0.39, 0.29) is 16.3 Å². The average Bonchev–Trinajstić information content (AvgIpc) is 3.12. The largest absolute Gasteiger partial charge is 0.505 e. The van der Waals surface area contributed by atoms with Gasteiger partial charge in [-0.25, -0.2) is 0 Å². The fraction of sp³-hybridized carbons (Fsp3) is 0.128. The van der Waals surface area contributed by atoms with Crippen molar-refractivity contribution in [1.29, 1.82) is 0 Å². The van der Waals surface area contributed by atoms with E-state index in [1.165, 1.54) is 18.2 Å². The van der Waals surface area contributed by atoms with Crippen LogP contribution in [0.4, 0.5) is 45.5 Å². The quantitative estimate of drug-likeness (QED) is 0.0382. The van der Waals surface area contributed by atoms with Crippen LogP contribution in [-0.4, -0.2) is 25.2 Å². The molecule has 6 rings (SSSR count). The SMILES string of the molecule is COc1ccc(Nc2ccc3c(O)c(NNc4cc(C)c(N=Nc5cc(C)c(N=Nc6ccccc6S(=O)(=O)O)cc5C)cc4C)ccc3c2)cc1. The molecule has 0 bridgehead atoms. The number of phenolic OH excluding ortho intramolecular Hbond substituents is 1. The Morgan fingerprint density at radius 2 is 1.15 bits per heavy atom. The maximum absolute atomic E-state index is 11.7. The zero-order chi connectivity index (χ0) is 37.0. The standard InChI is InChI=1S/C39H37N7O5S/c1-23-20-36(25(3)18-34(23)43-41-32-8-6-7-9-38(32)52(48,49)50)45-46-37-21-24(2)35(19-26(37)4)44-42-33-17-10-27-22-29(13-16-31(27)39(33)47)40-28-11-14-30(51-5)15-12-28/h6-22,40,42,44,47H,1-5H3,(H,48,49,50). The summed E-state index contributed by atoms with van der Waals surface area (Å²) >= 11 is 0. The summed E-state index contributed by atoms with van der Waals surface area (Å²) in [6.07, 6.45) is 0. The third-order valence-corrected chi connectivity index (χ3v) is 9.33. The molecule has 0 radical (unpaired) electrons. The van der Waals surface area contributed by atoms with Gasteiger partial charge < -0.3 is 20.6 Å². The molecule has 5 N–H and O–H groups in total. The Hall–Kier alpha value is -6.31. The molecular weight excluding hydrogens is 679 g/mol. The number of anilines is 4. The number of hydrazine groups is 1. The van der Waals surface area contributed by atoms with Crippen molar-refractivity contribution in [2.45, 2.75) is 32.6 Å². The summed E-state index contributed by atoms with van der Waals surface area (Å²) in [5, 5.41) is 33.4. The molecule has 0 amide bonds. The summed E-state index contributed by atoms with van der Waals surface area (Å²) in [4.78, 5) is -0.318. The van der Waals surface area contributed by atoms with Crippen LogP contribution in [0.15, 0.2) is 128 Å². The number of methoxy groups -OCH3 is 1. The molecular formula is C39H37N7O5S. The van der Waals surface area contributed by atoms with Gasteiger partial charge in [-0.2, -0.15) is 23.8 Å². The van der Waals surface area contributed by atoms with Gasteiger partial charge in [-0.3, -0.25) is 9.98 Å². The van der Waals surface area contributed by atoms with Gasteiger partial charge in [0.05, 0.1) is 35.5 Å². The number of aryl methyl sites for hydroxylation is 4. The number of nitrogens with zero attached hydrogens (tertiary/aromatic N) is 4. The van der Waals surface area contributed by atoms with Gasteiger partial charge in [0.1, 0.15) is 22.1 Å². The first kappa shape index (κ1) is 35.5. The number of aromatic hydroxyl groups is 1. The smallest absolute Gasteiger partial charge is 0.296 e. The van der Waals surface area contributed by atoms with Gasteiger partial charge in [0, 0.05) is 16.8 Å². The Morgan fingerprint density at radius 3 is 1.79 bits per heavy atom. The molecule has 0 aliphatic heterocycles. The lowest BCUT2D eigenvalue weighted by Crippen LogP contribution is -2.10. The van der Waals surface area contributed by atoms with Crippen LogP contribution < -0.4 is 20.9 Å². The van der Waals surface area contributed by atoms with Crippen molar-refractivity contribution in [1.82, 2.24) is 0 Å². The normalized spacial score (nSPS) is 11.7. The van der Waals surface area contributed by atoms with Gasteiger partial charge >= 0.3 is 0 Å². The molecule has 264 valence electrons. The van der Waals surface area contributed by atoms with E-state index in [0.717, 1.165) is 50.5 Å². The molecule has 12 nitrogen and oxygen atoms in total. The molecule has 13 heteroatoms. The Balaban J connectivity index is 1.13. The molecule has 0 fully saturated rings. The Bertz CT molecular complexity index is 2470. The van der Waals surface area contributed by atoms with E-state index in [2.05, 4.69) is 36.6 Å². The first-order valence-electron chi connectivity index (χ1n) is 16.2. The van der Waals surface area contributed by atoms with E-state index in [1.807, 2.05) is 100 Å². The topological polar surface area (TPSA) is 169 Å². The van der Waals surface area contributed by atoms with Gasteiger partial charge in [0.2, 0.25) is 0 Å². The highest BCUT2D eigenvalue weighted by Crippen LogP contribution is 2.36. The zero-order valence-electron chi connectivity index (χ0n) is 29.1. The fourth-order valence-corrected chi connectivity index (χ4v) is 6.11.